The van der Waals surface area contributed by atoms with E-state index in [1.165, 1.54) is 33.0 Å². The molecule has 0 heterocycles. The van der Waals surface area contributed by atoms with Crippen LogP contribution in [0.1, 0.15) is 34.7 Å². The van der Waals surface area contributed by atoms with Gasteiger partial charge in [-0.2, -0.15) is 0 Å². The summed E-state index contributed by atoms with van der Waals surface area (Å²) in [6, 6.07) is 36.7. The molecule has 0 N–H and O–H groups in total. The zero-order chi connectivity index (χ0) is 30.8. The van der Waals surface area contributed by atoms with Gasteiger partial charge in [0.25, 0.3) is 0 Å². The monoisotopic (exact) mass is 564 g/mol. The van der Waals surface area contributed by atoms with Crippen LogP contribution in [0.4, 0.5) is 0 Å². The zero-order valence-electron chi connectivity index (χ0n) is 25.5. The Morgan fingerprint density at radius 2 is 1.34 bits per heavy atom. The van der Waals surface area contributed by atoms with Gasteiger partial charge in [-0.15, -0.1) is 0 Å². The first kappa shape index (κ1) is 28.6. The third kappa shape index (κ3) is 5.06. The van der Waals surface area contributed by atoms with Crippen LogP contribution < -0.4 is 10.4 Å². The molecule has 6 aromatic carbocycles. The molecule has 0 fully saturated rings. The van der Waals surface area contributed by atoms with Crippen molar-refractivity contribution < 1.29 is 0 Å². The van der Waals surface area contributed by atoms with Gasteiger partial charge in [-0.25, -0.2) is 0 Å². The van der Waals surface area contributed by atoms with Gasteiger partial charge in [0.1, 0.15) is 0 Å². The highest BCUT2D eigenvalue weighted by Gasteiger charge is 2.19. The van der Waals surface area contributed by atoms with Crippen LogP contribution in [0.25, 0.3) is 80.3 Å². The number of rotatable bonds is 7. The molecule has 44 heavy (non-hydrogen) atoms. The van der Waals surface area contributed by atoms with E-state index in [0.29, 0.717) is 0 Å². The van der Waals surface area contributed by atoms with Crippen molar-refractivity contribution in [3.63, 3.8) is 0 Å². The first-order chi connectivity index (χ1) is 21.4. The second kappa shape index (κ2) is 12.0. The molecule has 0 radical (unpaired) electrons. The smallest absolute Gasteiger partial charge is 0.00204 e. The van der Waals surface area contributed by atoms with E-state index in [0.717, 1.165) is 54.6 Å². The zero-order valence-corrected chi connectivity index (χ0v) is 25.5. The maximum Gasteiger partial charge on any atom is -0.00204 e. The van der Waals surface area contributed by atoms with E-state index in [9.17, 15) is 0 Å². The molecule has 212 valence electrons. The van der Waals surface area contributed by atoms with Gasteiger partial charge in [0, 0.05) is 0 Å². The van der Waals surface area contributed by atoms with E-state index in [1.54, 1.807) is 0 Å². The molecule has 0 aliphatic rings. The highest BCUT2D eigenvalue weighted by Crippen LogP contribution is 2.43. The van der Waals surface area contributed by atoms with Crippen LogP contribution in [0.15, 0.2) is 129 Å². The summed E-state index contributed by atoms with van der Waals surface area (Å²) in [5.41, 5.74) is 11.2. The van der Waals surface area contributed by atoms with Crippen molar-refractivity contribution in [1.82, 2.24) is 0 Å². The quantitative estimate of drug-likeness (QED) is 0.181. The molecule has 0 aliphatic carbocycles. The van der Waals surface area contributed by atoms with Crippen LogP contribution in [0.5, 0.6) is 0 Å². The minimum absolute atomic E-state index is 0.907. The SMILES string of the molecule is C=Cc1c(C=C)c(-c2cccc3ccccc23)c2ccccc2c1C(=C)/C=c1/cc(-c2ccc(C)c(/C=C\C)c2)ccc1=C. The summed E-state index contributed by atoms with van der Waals surface area (Å²) >= 11 is 0. The molecule has 0 amide bonds. The van der Waals surface area contributed by atoms with Gasteiger partial charge >= 0.3 is 0 Å². The summed E-state index contributed by atoms with van der Waals surface area (Å²) in [6.07, 6.45) is 10.3. The lowest BCUT2D eigenvalue weighted by Gasteiger charge is -2.21. The fourth-order valence-corrected chi connectivity index (χ4v) is 6.33. The van der Waals surface area contributed by atoms with Gasteiger partial charge in [0.05, 0.1) is 0 Å². The summed E-state index contributed by atoms with van der Waals surface area (Å²) in [7, 11) is 0. The Balaban J connectivity index is 1.58. The Morgan fingerprint density at radius 1 is 0.682 bits per heavy atom. The maximum absolute atomic E-state index is 4.63. The van der Waals surface area contributed by atoms with E-state index < -0.39 is 0 Å². The maximum atomic E-state index is 4.63. The molecule has 0 unspecified atom stereocenters. The number of hydrogen-bond acceptors (Lipinski definition) is 0. The molecule has 0 aromatic heterocycles. The summed E-state index contributed by atoms with van der Waals surface area (Å²) < 4.78 is 0. The number of fused-ring (bicyclic) bond motifs is 2. The Hall–Kier alpha value is -5.46. The van der Waals surface area contributed by atoms with E-state index in [-0.39, 0.29) is 0 Å². The molecule has 0 spiro atoms. The minimum atomic E-state index is 0.907. The summed E-state index contributed by atoms with van der Waals surface area (Å²) in [6.45, 7) is 21.7. The molecule has 0 aliphatic heterocycles. The lowest BCUT2D eigenvalue weighted by Crippen LogP contribution is -2.22. The van der Waals surface area contributed by atoms with Gasteiger partial charge in [-0.3, -0.25) is 0 Å². The van der Waals surface area contributed by atoms with Crippen molar-refractivity contribution >= 4 is 58.0 Å². The van der Waals surface area contributed by atoms with Crippen molar-refractivity contribution in [2.75, 3.05) is 0 Å². The highest BCUT2D eigenvalue weighted by atomic mass is 14.2. The number of hydrogen-bond donors (Lipinski definition) is 0. The second-order valence-electron chi connectivity index (χ2n) is 11.2. The number of aryl methyl sites for hydroxylation is 1. The summed E-state index contributed by atoms with van der Waals surface area (Å²) in [5.74, 6) is 0. The van der Waals surface area contributed by atoms with E-state index in [2.05, 4.69) is 162 Å². The van der Waals surface area contributed by atoms with Crippen LogP contribution in [0, 0.1) is 6.92 Å². The molecule has 0 bridgehead atoms. The van der Waals surface area contributed by atoms with Crippen LogP contribution in [0.3, 0.4) is 0 Å². The molecular weight excluding hydrogens is 528 g/mol. The Kier molecular flexibility index (Phi) is 7.84. The van der Waals surface area contributed by atoms with E-state index >= 15 is 0 Å². The van der Waals surface area contributed by atoms with Gasteiger partial charge in [-0.05, 0) is 120 Å². The van der Waals surface area contributed by atoms with Crippen molar-refractivity contribution in [3.8, 4) is 22.3 Å². The average molecular weight is 565 g/mol. The molecule has 6 rings (SSSR count). The van der Waals surface area contributed by atoms with Crippen molar-refractivity contribution in [2.24, 2.45) is 0 Å². The van der Waals surface area contributed by atoms with Gasteiger partial charge in [0.2, 0.25) is 0 Å². The van der Waals surface area contributed by atoms with Crippen LogP contribution in [-0.2, 0) is 0 Å². The first-order valence-corrected chi connectivity index (χ1v) is 15.0. The molecular formula is C44H36. The lowest BCUT2D eigenvalue weighted by molar-refractivity contribution is 1.43. The Bertz CT molecular complexity index is 2250. The van der Waals surface area contributed by atoms with Crippen molar-refractivity contribution in [1.29, 1.82) is 0 Å². The standard InChI is InChI=1S/C44H36/c1-7-15-33-27-34(24-22-29(33)4)35-25-23-30(5)36(28-35)26-31(6)43-37(8-2)38(9-3)44(42-20-13-12-19-41(42)43)40-21-14-17-32-16-10-11-18-39(32)40/h7-28H,2-3,5-6H2,1,4H3/b15-7-,36-26-. The third-order valence-corrected chi connectivity index (χ3v) is 8.52. The topological polar surface area (TPSA) is 0 Å². The summed E-state index contributed by atoms with van der Waals surface area (Å²) in [4.78, 5) is 0. The average Bonchev–Trinajstić information content (AvgIpc) is 3.05. The highest BCUT2D eigenvalue weighted by molar-refractivity contribution is 6.15. The number of benzene rings is 6. The second-order valence-corrected chi connectivity index (χ2v) is 11.2. The molecule has 0 nitrogen and oxygen atoms in total. The molecule has 6 aromatic rings. The molecule has 0 saturated carbocycles. The third-order valence-electron chi connectivity index (χ3n) is 8.52. The fourth-order valence-electron chi connectivity index (χ4n) is 6.33. The molecule has 0 atom stereocenters. The normalized spacial score (nSPS) is 11.8. The summed E-state index contributed by atoms with van der Waals surface area (Å²) in [5, 5.41) is 6.71. The predicted octanol–water partition coefficient (Wildman–Crippen LogP) is 10.9. The van der Waals surface area contributed by atoms with Crippen LogP contribution in [0.2, 0.25) is 0 Å². The van der Waals surface area contributed by atoms with Gasteiger partial charge in [0.15, 0.2) is 0 Å². The van der Waals surface area contributed by atoms with E-state index in [4.69, 9.17) is 0 Å². The molecule has 0 saturated heterocycles. The van der Waals surface area contributed by atoms with E-state index in [1.807, 2.05) is 12.2 Å². The Morgan fingerprint density at radius 3 is 2.09 bits per heavy atom. The van der Waals surface area contributed by atoms with Gasteiger partial charge in [-0.1, -0.05) is 142 Å². The van der Waals surface area contributed by atoms with Crippen LogP contribution >= 0.6 is 0 Å². The van der Waals surface area contributed by atoms with Gasteiger partial charge < -0.3 is 0 Å². The largest absolute Gasteiger partial charge is 0.0984 e. The lowest BCUT2D eigenvalue weighted by atomic mass is 9.82. The van der Waals surface area contributed by atoms with Crippen LogP contribution in [-0.4, -0.2) is 0 Å². The number of allylic oxidation sites excluding steroid dienone is 2. The minimum Gasteiger partial charge on any atom is -0.0984 e. The predicted molar refractivity (Wildman–Crippen MR) is 197 cm³/mol. The molecule has 0 heteroatoms. The Labute approximate surface area is 260 Å². The fraction of sp³-hybridized carbons (Fsp3) is 0.0455. The van der Waals surface area contributed by atoms with Crippen molar-refractivity contribution in [2.45, 2.75) is 13.8 Å². The first-order valence-electron chi connectivity index (χ1n) is 15.0. The van der Waals surface area contributed by atoms with Crippen molar-refractivity contribution in [3.05, 3.63) is 167 Å².